The largest absolute Gasteiger partial charge is 0.493 e. The van der Waals surface area contributed by atoms with Crippen LogP contribution in [-0.4, -0.2) is 18.2 Å². The first-order chi connectivity index (χ1) is 10.6. The quantitative estimate of drug-likeness (QED) is 0.639. The van der Waals surface area contributed by atoms with Gasteiger partial charge < -0.3 is 9.53 Å². The third kappa shape index (κ3) is 4.43. The smallest absolute Gasteiger partial charge is 0.163 e. The Bertz CT molecular complexity index is 546. The van der Waals surface area contributed by atoms with Crippen LogP contribution >= 0.6 is 0 Å². The van der Waals surface area contributed by atoms with Crippen LogP contribution < -0.4 is 4.74 Å². The molecule has 0 N–H and O–H groups in total. The molecule has 0 fully saturated rings. The summed E-state index contributed by atoms with van der Waals surface area (Å²) in [6, 6.07) is 4.09. The van der Waals surface area contributed by atoms with E-state index >= 15 is 0 Å². The lowest BCUT2D eigenvalue weighted by Crippen LogP contribution is -2.04. The number of ketones is 2. The third-order valence-electron chi connectivity index (χ3n) is 4.19. The van der Waals surface area contributed by atoms with Crippen LogP contribution in [-0.2, 0) is 17.6 Å². The molecule has 1 aromatic carbocycles. The van der Waals surface area contributed by atoms with E-state index in [2.05, 4.69) is 13.0 Å². The van der Waals surface area contributed by atoms with E-state index in [9.17, 15) is 9.59 Å². The maximum absolute atomic E-state index is 11.9. The first-order valence-electron chi connectivity index (χ1n) is 8.43. The minimum absolute atomic E-state index is 0.191. The molecule has 1 aromatic rings. The van der Waals surface area contributed by atoms with Crippen molar-refractivity contribution in [3.63, 3.8) is 0 Å². The van der Waals surface area contributed by atoms with Crippen LogP contribution in [0.1, 0.15) is 73.9 Å². The molecule has 0 heterocycles. The van der Waals surface area contributed by atoms with Crippen LogP contribution in [0, 0.1) is 0 Å². The minimum atomic E-state index is 0.191. The molecule has 2 rings (SSSR count). The highest BCUT2D eigenvalue weighted by Gasteiger charge is 2.22. The summed E-state index contributed by atoms with van der Waals surface area (Å²) in [5, 5.41) is 0. The molecule has 0 radical (unpaired) electrons. The molecule has 0 aliphatic heterocycles. The van der Waals surface area contributed by atoms with Crippen molar-refractivity contribution in [1.29, 1.82) is 0 Å². The number of rotatable bonds is 9. The summed E-state index contributed by atoms with van der Waals surface area (Å²) in [5.74, 6) is 1.26. The van der Waals surface area contributed by atoms with E-state index in [1.807, 2.05) is 6.07 Å². The molecule has 1 aliphatic carbocycles. The van der Waals surface area contributed by atoms with E-state index in [0.717, 1.165) is 37.0 Å². The summed E-state index contributed by atoms with van der Waals surface area (Å²) in [6.45, 7) is 4.33. The Morgan fingerprint density at radius 2 is 2.00 bits per heavy atom. The molecular formula is C19H26O3. The molecule has 0 atom stereocenters. The Morgan fingerprint density at radius 1 is 1.18 bits per heavy atom. The van der Waals surface area contributed by atoms with Gasteiger partial charge in [-0.3, -0.25) is 4.79 Å². The number of hydrogen-bond donors (Lipinski definition) is 0. The first kappa shape index (κ1) is 16.7. The zero-order valence-corrected chi connectivity index (χ0v) is 13.7. The Kier molecular flexibility index (Phi) is 6.17. The minimum Gasteiger partial charge on any atom is -0.493 e. The predicted octanol–water partition coefficient (Wildman–Crippen LogP) is 4.30. The van der Waals surface area contributed by atoms with Gasteiger partial charge in [-0.05, 0) is 49.8 Å². The second-order valence-electron chi connectivity index (χ2n) is 6.15. The number of Topliss-reactive ketones (excluding diaryl/α,β-unsaturated/α-hetero) is 2. The van der Waals surface area contributed by atoms with Gasteiger partial charge in [0.15, 0.2) is 5.78 Å². The Hall–Kier alpha value is -1.64. The summed E-state index contributed by atoms with van der Waals surface area (Å²) in [4.78, 5) is 22.9. The van der Waals surface area contributed by atoms with Crippen LogP contribution in [0.3, 0.4) is 0 Å². The van der Waals surface area contributed by atoms with E-state index in [4.69, 9.17) is 4.74 Å². The number of carbonyl (C=O) groups excluding carboxylic acids is 2. The number of hydrogen-bond acceptors (Lipinski definition) is 3. The van der Waals surface area contributed by atoms with Gasteiger partial charge in [0.2, 0.25) is 0 Å². The number of carbonyl (C=O) groups is 2. The highest BCUT2D eigenvalue weighted by atomic mass is 16.5. The number of ether oxygens (including phenoxy) is 1. The molecule has 22 heavy (non-hydrogen) atoms. The van der Waals surface area contributed by atoms with Crippen molar-refractivity contribution in [3.8, 4) is 5.75 Å². The molecule has 1 aliphatic rings. The van der Waals surface area contributed by atoms with Crippen molar-refractivity contribution in [2.45, 2.75) is 65.2 Å². The van der Waals surface area contributed by atoms with E-state index in [-0.39, 0.29) is 11.6 Å². The van der Waals surface area contributed by atoms with Crippen LogP contribution in [0.5, 0.6) is 5.75 Å². The van der Waals surface area contributed by atoms with Gasteiger partial charge in [-0.2, -0.15) is 0 Å². The normalized spacial score (nSPS) is 13.3. The fraction of sp³-hybridized carbons (Fsp3) is 0.579. The topological polar surface area (TPSA) is 43.4 Å². The molecule has 0 saturated carbocycles. The lowest BCUT2D eigenvalue weighted by Gasteiger charge is -2.13. The Balaban J connectivity index is 2.08. The lowest BCUT2D eigenvalue weighted by atomic mass is 10.0. The lowest BCUT2D eigenvalue weighted by molar-refractivity contribution is -0.117. The fourth-order valence-corrected chi connectivity index (χ4v) is 2.92. The van der Waals surface area contributed by atoms with Gasteiger partial charge in [-0.25, -0.2) is 0 Å². The molecular weight excluding hydrogens is 276 g/mol. The van der Waals surface area contributed by atoms with Crippen molar-refractivity contribution < 1.29 is 14.3 Å². The average Bonchev–Trinajstić information content (AvgIpc) is 2.84. The molecule has 120 valence electrons. The van der Waals surface area contributed by atoms with Crippen molar-refractivity contribution >= 4 is 11.6 Å². The first-order valence-corrected chi connectivity index (χ1v) is 8.43. The SMILES string of the molecule is CCCCCc1cc2c(cc1OCCCC(C)=O)C(=O)CC2. The van der Waals surface area contributed by atoms with Crippen molar-refractivity contribution in [1.82, 2.24) is 0 Å². The van der Waals surface area contributed by atoms with Gasteiger partial charge in [-0.1, -0.05) is 25.8 Å². The summed E-state index contributed by atoms with van der Waals surface area (Å²) >= 11 is 0. The maximum Gasteiger partial charge on any atom is 0.163 e. The summed E-state index contributed by atoms with van der Waals surface area (Å²) in [7, 11) is 0. The molecule has 3 heteroatoms. The zero-order valence-electron chi connectivity index (χ0n) is 13.7. The van der Waals surface area contributed by atoms with Crippen LogP contribution in [0.2, 0.25) is 0 Å². The highest BCUT2D eigenvalue weighted by molar-refractivity contribution is 6.00. The van der Waals surface area contributed by atoms with Gasteiger partial charge in [0.05, 0.1) is 6.61 Å². The Morgan fingerprint density at radius 3 is 2.73 bits per heavy atom. The summed E-state index contributed by atoms with van der Waals surface area (Å²) in [5.41, 5.74) is 3.22. The van der Waals surface area contributed by atoms with Crippen LogP contribution in [0.25, 0.3) is 0 Å². The maximum atomic E-state index is 11.9. The van der Waals surface area contributed by atoms with Gasteiger partial charge in [0, 0.05) is 18.4 Å². The Labute approximate surface area is 133 Å². The second kappa shape index (κ2) is 8.11. The number of benzene rings is 1. The molecule has 0 unspecified atom stereocenters. The van der Waals surface area contributed by atoms with Crippen LogP contribution in [0.15, 0.2) is 12.1 Å². The molecule has 0 bridgehead atoms. The molecule has 0 aromatic heterocycles. The zero-order chi connectivity index (χ0) is 15.9. The fourth-order valence-electron chi connectivity index (χ4n) is 2.92. The van der Waals surface area contributed by atoms with E-state index in [0.29, 0.717) is 19.4 Å². The monoisotopic (exact) mass is 302 g/mol. The van der Waals surface area contributed by atoms with Crippen molar-refractivity contribution in [2.75, 3.05) is 6.61 Å². The van der Waals surface area contributed by atoms with Gasteiger partial charge in [-0.15, -0.1) is 0 Å². The molecule has 0 spiro atoms. The summed E-state index contributed by atoms with van der Waals surface area (Å²) in [6.07, 6.45) is 7.31. The average molecular weight is 302 g/mol. The number of unbranched alkanes of at least 4 members (excludes halogenated alkanes) is 2. The van der Waals surface area contributed by atoms with E-state index in [1.54, 1.807) is 6.92 Å². The van der Waals surface area contributed by atoms with Crippen LogP contribution in [0.4, 0.5) is 0 Å². The third-order valence-corrected chi connectivity index (χ3v) is 4.19. The molecule has 0 amide bonds. The van der Waals surface area contributed by atoms with Crippen molar-refractivity contribution in [2.24, 2.45) is 0 Å². The van der Waals surface area contributed by atoms with Gasteiger partial charge in [0.25, 0.3) is 0 Å². The van der Waals surface area contributed by atoms with Crippen molar-refractivity contribution in [3.05, 3.63) is 28.8 Å². The predicted molar refractivity (Wildman–Crippen MR) is 87.7 cm³/mol. The standard InChI is InChI=1S/C19H26O3/c1-3-4-5-8-16-12-15-9-10-18(21)17(15)13-19(16)22-11-6-7-14(2)20/h12-13H,3-11H2,1-2H3. The summed E-state index contributed by atoms with van der Waals surface area (Å²) < 4.78 is 5.89. The van der Waals surface area contributed by atoms with Gasteiger partial charge in [0.1, 0.15) is 11.5 Å². The highest BCUT2D eigenvalue weighted by Crippen LogP contribution is 2.31. The van der Waals surface area contributed by atoms with E-state index in [1.165, 1.54) is 24.0 Å². The second-order valence-corrected chi connectivity index (χ2v) is 6.15. The van der Waals surface area contributed by atoms with Gasteiger partial charge >= 0.3 is 0 Å². The number of fused-ring (bicyclic) bond motifs is 1. The molecule has 0 saturated heterocycles. The van der Waals surface area contributed by atoms with E-state index < -0.39 is 0 Å². The molecule has 3 nitrogen and oxygen atoms in total. The number of aryl methyl sites for hydroxylation is 2.